The molecule has 0 unspecified atom stereocenters. The summed E-state index contributed by atoms with van der Waals surface area (Å²) in [5.41, 5.74) is 0. The first-order chi connectivity index (χ1) is 10.1. The first-order valence-corrected chi connectivity index (χ1v) is 7.86. The minimum Gasteiger partial charge on any atom is -0.387 e. The highest BCUT2D eigenvalue weighted by Crippen LogP contribution is 2.30. The van der Waals surface area contributed by atoms with Gasteiger partial charge in [0.1, 0.15) is 0 Å². The van der Waals surface area contributed by atoms with Gasteiger partial charge in [0.05, 0.1) is 6.10 Å². The molecule has 2 aromatic heterocycles. The summed E-state index contributed by atoms with van der Waals surface area (Å²) in [5, 5.41) is 15.9. The van der Waals surface area contributed by atoms with Crippen LogP contribution in [0.4, 0.5) is 0 Å². The van der Waals surface area contributed by atoms with Crippen molar-refractivity contribution in [3.05, 3.63) is 34.1 Å². The van der Waals surface area contributed by atoms with E-state index < -0.39 is 6.10 Å². The Labute approximate surface area is 126 Å². The quantitative estimate of drug-likeness (QED) is 0.936. The molecule has 0 bridgehead atoms. The maximum absolute atomic E-state index is 12.4. The lowest BCUT2D eigenvalue weighted by Gasteiger charge is -2.25. The van der Waals surface area contributed by atoms with Gasteiger partial charge in [-0.15, -0.1) is 11.3 Å². The van der Waals surface area contributed by atoms with Gasteiger partial charge in [0.25, 0.3) is 11.7 Å². The Morgan fingerprint density at radius 2 is 2.52 bits per heavy atom. The van der Waals surface area contributed by atoms with E-state index >= 15 is 0 Å². The number of carbonyl (C=O) groups excluding carboxylic acids is 1. The minimum atomic E-state index is -0.532. The number of carbonyl (C=O) groups is 1. The van der Waals surface area contributed by atoms with Crippen molar-refractivity contribution in [1.29, 1.82) is 0 Å². The van der Waals surface area contributed by atoms with Gasteiger partial charge in [-0.3, -0.25) is 4.79 Å². The van der Waals surface area contributed by atoms with E-state index in [1.54, 1.807) is 11.8 Å². The fraction of sp³-hybridized carbons (Fsp3) is 0.500. The zero-order valence-corrected chi connectivity index (χ0v) is 12.5. The Morgan fingerprint density at radius 3 is 3.19 bits per heavy atom. The maximum atomic E-state index is 12.4. The molecular weight excluding hydrogens is 290 g/mol. The van der Waals surface area contributed by atoms with Crippen molar-refractivity contribution in [2.45, 2.75) is 38.3 Å². The molecule has 1 amide bonds. The molecule has 112 valence electrons. The highest BCUT2D eigenvalue weighted by Gasteiger charge is 2.33. The second-order valence-corrected chi connectivity index (χ2v) is 6.18. The number of amides is 1. The number of aliphatic hydroxyl groups excluding tert-OH is 1. The van der Waals surface area contributed by atoms with E-state index in [1.807, 2.05) is 17.5 Å². The third-order valence-corrected chi connectivity index (χ3v) is 4.70. The molecule has 2 atom stereocenters. The summed E-state index contributed by atoms with van der Waals surface area (Å²) in [6.07, 6.45) is 1.84. The zero-order valence-electron chi connectivity index (χ0n) is 11.7. The first kappa shape index (κ1) is 14.2. The fourth-order valence-electron chi connectivity index (χ4n) is 2.72. The number of aromatic nitrogens is 2. The average molecular weight is 307 g/mol. The number of rotatable bonds is 4. The highest BCUT2D eigenvalue weighted by atomic mass is 32.1. The predicted molar refractivity (Wildman–Crippen MR) is 77.0 cm³/mol. The number of thiophene rings is 1. The van der Waals surface area contributed by atoms with E-state index in [0.717, 1.165) is 17.7 Å². The summed E-state index contributed by atoms with van der Waals surface area (Å²) < 4.78 is 4.86. The second-order valence-electron chi connectivity index (χ2n) is 5.20. The number of likely N-dealkylation sites (tertiary alicyclic amines) is 1. The van der Waals surface area contributed by atoms with Crippen molar-refractivity contribution >= 4 is 17.2 Å². The van der Waals surface area contributed by atoms with Gasteiger partial charge in [0.2, 0.25) is 5.89 Å². The van der Waals surface area contributed by atoms with Gasteiger partial charge in [-0.2, -0.15) is 4.98 Å². The normalized spacial score (nSPS) is 19.9. The van der Waals surface area contributed by atoms with Crippen LogP contribution in [-0.4, -0.2) is 38.6 Å². The van der Waals surface area contributed by atoms with E-state index in [2.05, 4.69) is 10.1 Å². The van der Waals surface area contributed by atoms with Crippen molar-refractivity contribution < 1.29 is 14.4 Å². The molecule has 7 heteroatoms. The van der Waals surface area contributed by atoms with Crippen LogP contribution in [0.5, 0.6) is 0 Å². The average Bonchev–Trinajstić information content (AvgIpc) is 3.18. The summed E-state index contributed by atoms with van der Waals surface area (Å²) in [5.74, 6) is 0.269. The number of hydrogen-bond donors (Lipinski definition) is 1. The summed E-state index contributed by atoms with van der Waals surface area (Å²) in [7, 11) is 0. The van der Waals surface area contributed by atoms with Gasteiger partial charge >= 0.3 is 0 Å². The molecule has 1 saturated heterocycles. The molecule has 6 nitrogen and oxygen atoms in total. The topological polar surface area (TPSA) is 79.5 Å². The van der Waals surface area contributed by atoms with E-state index in [0.29, 0.717) is 18.9 Å². The monoisotopic (exact) mass is 307 g/mol. The van der Waals surface area contributed by atoms with Crippen LogP contribution in [0.25, 0.3) is 0 Å². The Bertz CT molecular complexity index is 611. The molecular formula is C14H17N3O3S. The van der Waals surface area contributed by atoms with Crippen LogP contribution in [-0.2, 0) is 0 Å². The Hall–Kier alpha value is -1.73. The smallest absolute Gasteiger partial charge is 0.295 e. The molecule has 1 aliphatic rings. The number of nitrogens with zero attached hydrogens (tertiary/aromatic N) is 3. The number of aryl methyl sites for hydroxylation is 1. The predicted octanol–water partition coefficient (Wildman–Crippen LogP) is 2.17. The van der Waals surface area contributed by atoms with Gasteiger partial charge in [0.15, 0.2) is 0 Å². The van der Waals surface area contributed by atoms with Crippen molar-refractivity contribution in [2.75, 3.05) is 6.54 Å². The summed E-state index contributed by atoms with van der Waals surface area (Å²) in [6, 6.07) is 3.86. The fourth-order valence-corrected chi connectivity index (χ4v) is 3.44. The van der Waals surface area contributed by atoms with Crippen molar-refractivity contribution in [3.63, 3.8) is 0 Å². The lowest BCUT2D eigenvalue weighted by molar-refractivity contribution is 0.0655. The summed E-state index contributed by atoms with van der Waals surface area (Å²) >= 11 is 1.53. The van der Waals surface area contributed by atoms with E-state index in [9.17, 15) is 9.90 Å². The van der Waals surface area contributed by atoms with E-state index in [-0.39, 0.29) is 17.8 Å². The zero-order chi connectivity index (χ0) is 14.8. The molecule has 0 aliphatic carbocycles. The van der Waals surface area contributed by atoms with Crippen molar-refractivity contribution in [2.24, 2.45) is 0 Å². The molecule has 3 heterocycles. The van der Waals surface area contributed by atoms with E-state index in [1.165, 1.54) is 11.3 Å². The van der Waals surface area contributed by atoms with Crippen LogP contribution >= 0.6 is 11.3 Å². The first-order valence-electron chi connectivity index (χ1n) is 6.98. The molecule has 21 heavy (non-hydrogen) atoms. The van der Waals surface area contributed by atoms with Gasteiger partial charge in [-0.05, 0) is 30.7 Å². The Morgan fingerprint density at radius 1 is 1.67 bits per heavy atom. The molecule has 0 saturated carbocycles. The highest BCUT2D eigenvalue weighted by molar-refractivity contribution is 7.10. The third-order valence-electron chi connectivity index (χ3n) is 3.72. The number of hydrogen-bond acceptors (Lipinski definition) is 6. The molecule has 0 radical (unpaired) electrons. The van der Waals surface area contributed by atoms with Crippen LogP contribution in [0.2, 0.25) is 0 Å². The lowest BCUT2D eigenvalue weighted by atomic mass is 10.1. The lowest BCUT2D eigenvalue weighted by Crippen LogP contribution is -2.37. The molecule has 1 fully saturated rings. The Balaban J connectivity index is 1.69. The third kappa shape index (κ3) is 2.98. The van der Waals surface area contributed by atoms with Crippen LogP contribution in [0.3, 0.4) is 0 Å². The maximum Gasteiger partial charge on any atom is 0.295 e. The van der Waals surface area contributed by atoms with Crippen LogP contribution in [0.15, 0.2) is 22.0 Å². The second kappa shape index (κ2) is 5.95. The van der Waals surface area contributed by atoms with Gasteiger partial charge < -0.3 is 14.5 Å². The summed E-state index contributed by atoms with van der Waals surface area (Å²) in [4.78, 5) is 19.1. The van der Waals surface area contributed by atoms with Crippen molar-refractivity contribution in [3.8, 4) is 0 Å². The van der Waals surface area contributed by atoms with Gasteiger partial charge in [-0.1, -0.05) is 11.2 Å². The van der Waals surface area contributed by atoms with Gasteiger partial charge in [0, 0.05) is 24.4 Å². The standard InChI is InChI=1S/C14H17N3O3S/c1-9-15-13(16-20-9)14(19)17-6-2-4-10(17)8-11(18)12-5-3-7-21-12/h3,5,7,10-11,18H,2,4,6,8H2,1H3/t10-,11+/m1/s1. The van der Waals surface area contributed by atoms with Crippen molar-refractivity contribution in [1.82, 2.24) is 15.0 Å². The summed E-state index contributed by atoms with van der Waals surface area (Å²) in [6.45, 7) is 2.33. The Kier molecular flexibility index (Phi) is 4.03. The number of aliphatic hydroxyl groups is 1. The molecule has 2 aromatic rings. The SMILES string of the molecule is Cc1nc(C(=O)N2CCC[C@@H]2C[C@H](O)c2cccs2)no1. The molecule has 3 rings (SSSR count). The molecule has 1 aliphatic heterocycles. The van der Waals surface area contributed by atoms with Crippen LogP contribution in [0, 0.1) is 6.92 Å². The molecule has 1 N–H and O–H groups in total. The van der Waals surface area contributed by atoms with Gasteiger partial charge in [-0.25, -0.2) is 0 Å². The largest absolute Gasteiger partial charge is 0.387 e. The minimum absolute atomic E-state index is 0.0217. The van der Waals surface area contributed by atoms with Crippen LogP contribution < -0.4 is 0 Å². The molecule has 0 spiro atoms. The molecule has 0 aromatic carbocycles. The van der Waals surface area contributed by atoms with Crippen LogP contribution in [0.1, 0.15) is 46.8 Å². The van der Waals surface area contributed by atoms with E-state index in [4.69, 9.17) is 4.52 Å².